The molecule has 102 valence electrons. The van der Waals surface area contributed by atoms with Gasteiger partial charge in [0.05, 0.1) is 0 Å². The lowest BCUT2D eigenvalue weighted by Gasteiger charge is -2.07. The van der Waals surface area contributed by atoms with E-state index in [0.29, 0.717) is 17.3 Å². The first-order chi connectivity index (χ1) is 9.69. The Kier molecular flexibility index (Phi) is 3.96. The molecule has 0 N–H and O–H groups in total. The van der Waals surface area contributed by atoms with E-state index < -0.39 is 0 Å². The number of aryl methyl sites for hydroxylation is 1. The highest BCUT2D eigenvalue weighted by molar-refractivity contribution is 9.10. The van der Waals surface area contributed by atoms with Gasteiger partial charge in [-0.15, -0.1) is 11.6 Å². The van der Waals surface area contributed by atoms with Gasteiger partial charge in [-0.2, -0.15) is 0 Å². The molecule has 0 unspecified atom stereocenters. The standard InChI is InChI=1S/C14H10BrCl2N3/c15-9-7-12-14(18-8-9)20(13(19-12)5-6-16)11-3-1-10(17)2-4-11/h1-4,7-8H,5-6H2. The van der Waals surface area contributed by atoms with Crippen LogP contribution in [0.4, 0.5) is 0 Å². The van der Waals surface area contributed by atoms with Crippen molar-refractivity contribution in [3.05, 3.63) is 51.8 Å². The van der Waals surface area contributed by atoms with Crippen molar-refractivity contribution in [1.82, 2.24) is 14.5 Å². The van der Waals surface area contributed by atoms with Crippen LogP contribution in [-0.4, -0.2) is 20.4 Å². The molecule has 0 radical (unpaired) electrons. The Balaban J connectivity index is 2.25. The van der Waals surface area contributed by atoms with Gasteiger partial charge in [0.15, 0.2) is 5.65 Å². The van der Waals surface area contributed by atoms with Crippen LogP contribution < -0.4 is 0 Å². The number of aromatic nitrogens is 3. The molecule has 0 aliphatic rings. The number of alkyl halides is 1. The van der Waals surface area contributed by atoms with Crippen LogP contribution in [0.5, 0.6) is 0 Å². The maximum Gasteiger partial charge on any atom is 0.164 e. The molecule has 0 fully saturated rings. The minimum Gasteiger partial charge on any atom is -0.281 e. The minimum atomic E-state index is 0.512. The summed E-state index contributed by atoms with van der Waals surface area (Å²) >= 11 is 15.2. The number of halogens is 3. The third-order valence-corrected chi connectivity index (χ3v) is 3.81. The number of hydrogen-bond acceptors (Lipinski definition) is 2. The van der Waals surface area contributed by atoms with Gasteiger partial charge < -0.3 is 0 Å². The smallest absolute Gasteiger partial charge is 0.164 e. The molecule has 3 nitrogen and oxygen atoms in total. The quantitative estimate of drug-likeness (QED) is 0.630. The van der Waals surface area contributed by atoms with Gasteiger partial charge in [0, 0.05) is 33.7 Å². The van der Waals surface area contributed by atoms with Gasteiger partial charge in [0.1, 0.15) is 11.3 Å². The van der Waals surface area contributed by atoms with E-state index >= 15 is 0 Å². The predicted molar refractivity (Wildman–Crippen MR) is 86.0 cm³/mol. The highest BCUT2D eigenvalue weighted by Crippen LogP contribution is 2.24. The molecule has 0 saturated heterocycles. The van der Waals surface area contributed by atoms with Gasteiger partial charge >= 0.3 is 0 Å². The molecule has 6 heteroatoms. The first-order valence-corrected chi connectivity index (χ1v) is 7.74. The van der Waals surface area contributed by atoms with Gasteiger partial charge in [-0.25, -0.2) is 9.97 Å². The molecule has 0 aliphatic carbocycles. The van der Waals surface area contributed by atoms with E-state index in [-0.39, 0.29) is 0 Å². The lowest BCUT2D eigenvalue weighted by atomic mass is 10.3. The van der Waals surface area contributed by atoms with E-state index in [2.05, 4.69) is 25.9 Å². The van der Waals surface area contributed by atoms with Crippen molar-refractivity contribution in [3.63, 3.8) is 0 Å². The summed E-state index contributed by atoms with van der Waals surface area (Å²) in [5.74, 6) is 1.40. The fourth-order valence-electron chi connectivity index (χ4n) is 2.10. The minimum absolute atomic E-state index is 0.512. The molecule has 3 aromatic rings. The van der Waals surface area contributed by atoms with Gasteiger partial charge in [0.25, 0.3) is 0 Å². The van der Waals surface area contributed by atoms with Gasteiger partial charge in [0.2, 0.25) is 0 Å². The Morgan fingerprint density at radius 3 is 2.65 bits per heavy atom. The van der Waals surface area contributed by atoms with E-state index in [4.69, 9.17) is 23.2 Å². The fourth-order valence-corrected chi connectivity index (χ4v) is 2.72. The average molecular weight is 371 g/mol. The molecule has 0 aliphatic heterocycles. The van der Waals surface area contributed by atoms with Crippen LogP contribution in [0.3, 0.4) is 0 Å². The van der Waals surface area contributed by atoms with Gasteiger partial charge in [-0.3, -0.25) is 4.57 Å². The zero-order valence-corrected chi connectivity index (χ0v) is 13.5. The molecule has 0 spiro atoms. The van der Waals surface area contributed by atoms with Crippen molar-refractivity contribution in [2.45, 2.75) is 6.42 Å². The highest BCUT2D eigenvalue weighted by atomic mass is 79.9. The van der Waals surface area contributed by atoms with Crippen molar-refractivity contribution in [3.8, 4) is 5.69 Å². The van der Waals surface area contributed by atoms with E-state index in [0.717, 1.165) is 27.1 Å². The number of benzene rings is 1. The topological polar surface area (TPSA) is 30.7 Å². The summed E-state index contributed by atoms with van der Waals surface area (Å²) < 4.78 is 2.92. The molecule has 2 heterocycles. The summed E-state index contributed by atoms with van der Waals surface area (Å²) in [4.78, 5) is 9.08. The normalized spacial score (nSPS) is 11.2. The molecule has 0 saturated carbocycles. The molecule has 0 atom stereocenters. The molecule has 2 aromatic heterocycles. The van der Waals surface area contributed by atoms with E-state index in [9.17, 15) is 0 Å². The maximum atomic E-state index is 5.95. The summed E-state index contributed by atoms with van der Waals surface area (Å²) in [6.45, 7) is 0. The lowest BCUT2D eigenvalue weighted by Crippen LogP contribution is -2.02. The highest BCUT2D eigenvalue weighted by Gasteiger charge is 2.13. The number of rotatable bonds is 3. The van der Waals surface area contributed by atoms with Crippen molar-refractivity contribution >= 4 is 50.3 Å². The zero-order valence-electron chi connectivity index (χ0n) is 10.4. The van der Waals surface area contributed by atoms with Crippen LogP contribution in [-0.2, 0) is 6.42 Å². The molecule has 0 amide bonds. The van der Waals surface area contributed by atoms with E-state index in [1.807, 2.05) is 34.9 Å². The monoisotopic (exact) mass is 369 g/mol. The molecular weight excluding hydrogens is 361 g/mol. The van der Waals surface area contributed by atoms with Crippen LogP contribution in [0.2, 0.25) is 5.02 Å². The zero-order chi connectivity index (χ0) is 14.1. The predicted octanol–water partition coefficient (Wildman–Crippen LogP) is 4.62. The van der Waals surface area contributed by atoms with Crippen molar-refractivity contribution in [2.75, 3.05) is 5.88 Å². The first kappa shape index (κ1) is 13.9. The third-order valence-electron chi connectivity index (χ3n) is 2.94. The first-order valence-electron chi connectivity index (χ1n) is 6.04. The fraction of sp³-hybridized carbons (Fsp3) is 0.143. The Labute approximate surface area is 134 Å². The summed E-state index contributed by atoms with van der Waals surface area (Å²) in [6.07, 6.45) is 2.44. The van der Waals surface area contributed by atoms with Crippen molar-refractivity contribution in [1.29, 1.82) is 0 Å². The Hall–Kier alpha value is -1.10. The molecule has 0 bridgehead atoms. The number of fused-ring (bicyclic) bond motifs is 1. The molecule has 3 rings (SSSR count). The number of imidazole rings is 1. The largest absolute Gasteiger partial charge is 0.281 e. The summed E-state index contributed by atoms with van der Waals surface area (Å²) in [5.41, 5.74) is 2.64. The van der Waals surface area contributed by atoms with E-state index in [1.54, 1.807) is 6.20 Å². The summed E-state index contributed by atoms with van der Waals surface area (Å²) in [7, 11) is 0. The SMILES string of the molecule is ClCCc1nc2cc(Br)cnc2n1-c1ccc(Cl)cc1. The number of nitrogens with zero attached hydrogens (tertiary/aromatic N) is 3. The second-order valence-electron chi connectivity index (χ2n) is 4.28. The van der Waals surface area contributed by atoms with Crippen LogP contribution in [0, 0.1) is 0 Å². The second kappa shape index (κ2) is 5.72. The third kappa shape index (κ3) is 2.55. The van der Waals surface area contributed by atoms with Crippen LogP contribution >= 0.6 is 39.1 Å². The van der Waals surface area contributed by atoms with Crippen molar-refractivity contribution < 1.29 is 0 Å². The molecular formula is C14H10BrCl2N3. The maximum absolute atomic E-state index is 5.95. The van der Waals surface area contributed by atoms with Gasteiger partial charge in [-0.1, -0.05) is 11.6 Å². The van der Waals surface area contributed by atoms with Crippen LogP contribution in [0.25, 0.3) is 16.9 Å². The van der Waals surface area contributed by atoms with E-state index in [1.165, 1.54) is 0 Å². The van der Waals surface area contributed by atoms with Crippen molar-refractivity contribution in [2.24, 2.45) is 0 Å². The summed E-state index contributed by atoms with van der Waals surface area (Å²) in [6, 6.07) is 9.56. The lowest BCUT2D eigenvalue weighted by molar-refractivity contribution is 0.905. The number of pyridine rings is 1. The van der Waals surface area contributed by atoms with Gasteiger partial charge in [-0.05, 0) is 46.3 Å². The Bertz CT molecular complexity index is 753. The Morgan fingerprint density at radius 1 is 1.20 bits per heavy atom. The molecule has 1 aromatic carbocycles. The molecule has 20 heavy (non-hydrogen) atoms. The second-order valence-corrected chi connectivity index (χ2v) is 6.01. The Morgan fingerprint density at radius 2 is 1.95 bits per heavy atom. The number of hydrogen-bond donors (Lipinski definition) is 0. The summed E-state index contributed by atoms with van der Waals surface area (Å²) in [5, 5.41) is 0.702. The van der Waals surface area contributed by atoms with Crippen LogP contribution in [0.15, 0.2) is 41.0 Å². The van der Waals surface area contributed by atoms with Crippen LogP contribution in [0.1, 0.15) is 5.82 Å². The average Bonchev–Trinajstić information content (AvgIpc) is 2.77.